The molecule has 0 unspecified atom stereocenters. The maximum absolute atomic E-state index is 13.6. The normalized spacial score (nSPS) is 14.8. The molecule has 6 nitrogen and oxygen atoms in total. The summed E-state index contributed by atoms with van der Waals surface area (Å²) in [6.07, 6.45) is -0.577. The van der Waals surface area contributed by atoms with Crippen LogP contribution in [0.2, 0.25) is 10.0 Å². The highest BCUT2D eigenvalue weighted by Crippen LogP contribution is 2.35. The van der Waals surface area contributed by atoms with Crippen LogP contribution in [0.5, 0.6) is 0 Å². The molecule has 3 aromatic carbocycles. The molecule has 0 radical (unpaired) electrons. The van der Waals surface area contributed by atoms with Crippen LogP contribution in [0.4, 0.5) is 20.2 Å². The van der Waals surface area contributed by atoms with Crippen molar-refractivity contribution in [3.05, 3.63) is 93.0 Å². The fourth-order valence-corrected chi connectivity index (χ4v) is 4.02. The van der Waals surface area contributed by atoms with Crippen LogP contribution in [-0.2, 0) is 4.74 Å². The third-order valence-electron chi connectivity index (χ3n) is 5.35. The lowest BCUT2D eigenvalue weighted by atomic mass is 10.0. The number of amides is 2. The number of halogens is 4. The molecule has 1 atom stereocenters. The highest BCUT2D eigenvalue weighted by Gasteiger charge is 2.37. The maximum atomic E-state index is 13.6. The van der Waals surface area contributed by atoms with Crippen LogP contribution >= 0.6 is 23.2 Å². The van der Waals surface area contributed by atoms with E-state index in [0.29, 0.717) is 29.1 Å². The zero-order valence-electron chi connectivity index (χ0n) is 17.9. The van der Waals surface area contributed by atoms with Gasteiger partial charge in [-0.1, -0.05) is 29.3 Å². The van der Waals surface area contributed by atoms with E-state index in [1.807, 2.05) is 0 Å². The fourth-order valence-electron chi connectivity index (χ4n) is 3.66. The van der Waals surface area contributed by atoms with Crippen molar-refractivity contribution in [1.82, 2.24) is 4.90 Å². The molecule has 3 aromatic rings. The van der Waals surface area contributed by atoms with Gasteiger partial charge in [0.05, 0.1) is 16.7 Å². The Balaban J connectivity index is 1.62. The topological polar surface area (TPSA) is 70.7 Å². The SMILES string of the molecule is COCCN1C(=O)c2cc(C(=O)Nc3ccc(F)c(Cl)c3)ccc2[C@H]1Nc1ccc(F)c(Cl)c1. The number of hydrogen-bond acceptors (Lipinski definition) is 4. The summed E-state index contributed by atoms with van der Waals surface area (Å²) < 4.78 is 32.1. The lowest BCUT2D eigenvalue weighted by Crippen LogP contribution is -2.35. The Bertz CT molecular complexity index is 1270. The largest absolute Gasteiger partial charge is 0.383 e. The minimum atomic E-state index is -0.597. The number of nitrogens with zero attached hydrogens (tertiary/aromatic N) is 1. The van der Waals surface area contributed by atoms with E-state index in [1.165, 1.54) is 43.5 Å². The minimum absolute atomic E-state index is 0.0501. The van der Waals surface area contributed by atoms with Gasteiger partial charge >= 0.3 is 0 Å². The Kier molecular flexibility index (Phi) is 7.02. The Labute approximate surface area is 204 Å². The van der Waals surface area contributed by atoms with Crippen molar-refractivity contribution in [3.63, 3.8) is 0 Å². The molecule has 0 saturated carbocycles. The van der Waals surface area contributed by atoms with E-state index in [-0.39, 0.29) is 28.1 Å². The summed E-state index contributed by atoms with van der Waals surface area (Å²) in [6.45, 7) is 0.576. The molecule has 10 heteroatoms. The van der Waals surface area contributed by atoms with Crippen LogP contribution in [0, 0.1) is 11.6 Å². The van der Waals surface area contributed by atoms with Gasteiger partial charge in [0.1, 0.15) is 17.8 Å². The first-order valence-corrected chi connectivity index (χ1v) is 11.0. The molecule has 1 heterocycles. The summed E-state index contributed by atoms with van der Waals surface area (Å²) in [6, 6.07) is 12.8. The van der Waals surface area contributed by atoms with Gasteiger partial charge in [-0.3, -0.25) is 9.59 Å². The molecule has 0 fully saturated rings. The highest BCUT2D eigenvalue weighted by molar-refractivity contribution is 6.31. The zero-order valence-corrected chi connectivity index (χ0v) is 19.4. The highest BCUT2D eigenvalue weighted by atomic mass is 35.5. The number of rotatable bonds is 7. The van der Waals surface area contributed by atoms with Gasteiger partial charge in [0, 0.05) is 41.7 Å². The third kappa shape index (κ3) is 4.84. The number of carbonyl (C=O) groups excluding carboxylic acids is 2. The van der Waals surface area contributed by atoms with Crippen molar-refractivity contribution in [2.45, 2.75) is 6.17 Å². The van der Waals surface area contributed by atoms with Gasteiger partial charge in [0.15, 0.2) is 0 Å². The van der Waals surface area contributed by atoms with Gasteiger partial charge in [-0.25, -0.2) is 8.78 Å². The summed E-state index contributed by atoms with van der Waals surface area (Å²) in [5, 5.41) is 5.67. The first-order valence-electron chi connectivity index (χ1n) is 10.2. The first kappa shape index (κ1) is 23.9. The molecule has 1 aliphatic rings. The molecule has 2 amide bonds. The smallest absolute Gasteiger partial charge is 0.256 e. The van der Waals surface area contributed by atoms with Crippen molar-refractivity contribution in [1.29, 1.82) is 0 Å². The third-order valence-corrected chi connectivity index (χ3v) is 5.93. The predicted octanol–water partition coefficient (Wildman–Crippen LogP) is 5.74. The second kappa shape index (κ2) is 9.97. The molecular formula is C24H19Cl2F2N3O3. The van der Waals surface area contributed by atoms with Gasteiger partial charge in [-0.2, -0.15) is 0 Å². The zero-order chi connectivity index (χ0) is 24.4. The average Bonchev–Trinajstić information content (AvgIpc) is 3.07. The van der Waals surface area contributed by atoms with Crippen LogP contribution in [0.15, 0.2) is 54.6 Å². The molecule has 0 spiro atoms. The van der Waals surface area contributed by atoms with E-state index in [9.17, 15) is 18.4 Å². The number of hydrogen-bond donors (Lipinski definition) is 2. The summed E-state index contributed by atoms with van der Waals surface area (Å²) in [7, 11) is 1.53. The van der Waals surface area contributed by atoms with E-state index >= 15 is 0 Å². The number of fused-ring (bicyclic) bond motifs is 1. The maximum Gasteiger partial charge on any atom is 0.256 e. The van der Waals surface area contributed by atoms with E-state index < -0.39 is 23.7 Å². The van der Waals surface area contributed by atoms with Crippen LogP contribution in [0.3, 0.4) is 0 Å². The lowest BCUT2D eigenvalue weighted by Gasteiger charge is -2.27. The molecule has 0 aliphatic carbocycles. The lowest BCUT2D eigenvalue weighted by molar-refractivity contribution is 0.0674. The number of benzene rings is 3. The van der Waals surface area contributed by atoms with Gasteiger partial charge in [0.25, 0.3) is 11.8 Å². The minimum Gasteiger partial charge on any atom is -0.383 e. The van der Waals surface area contributed by atoms with Gasteiger partial charge in [-0.05, 0) is 48.5 Å². The quantitative estimate of drug-likeness (QED) is 0.429. The fraction of sp³-hybridized carbons (Fsp3) is 0.167. The molecule has 2 N–H and O–H groups in total. The van der Waals surface area contributed by atoms with E-state index in [1.54, 1.807) is 17.0 Å². The summed E-state index contributed by atoms with van der Waals surface area (Å²) in [4.78, 5) is 27.5. The van der Waals surface area contributed by atoms with Crippen molar-refractivity contribution in [2.75, 3.05) is 30.9 Å². The molecule has 176 valence electrons. The standard InChI is InChI=1S/C24H19Cl2F2N3O3/c1-34-9-8-31-22(29-14-3-6-20(27)18(25)11-14)16-5-2-13(10-17(16)24(31)33)23(32)30-15-4-7-21(28)19(26)12-15/h2-7,10-12,22,29H,8-9H2,1H3,(H,30,32)/t22-/m0/s1. The van der Waals surface area contributed by atoms with Gasteiger partial charge in [-0.15, -0.1) is 0 Å². The van der Waals surface area contributed by atoms with Gasteiger partial charge < -0.3 is 20.3 Å². The summed E-state index contributed by atoms with van der Waals surface area (Å²) in [5.74, 6) is -1.93. The number of anilines is 2. The van der Waals surface area contributed by atoms with Crippen molar-refractivity contribution in [3.8, 4) is 0 Å². The van der Waals surface area contributed by atoms with E-state index in [4.69, 9.17) is 27.9 Å². The molecule has 4 rings (SSSR count). The second-order valence-electron chi connectivity index (χ2n) is 7.55. The molecule has 34 heavy (non-hydrogen) atoms. The van der Waals surface area contributed by atoms with Gasteiger partial charge in [0.2, 0.25) is 0 Å². The number of methoxy groups -OCH3 is 1. The van der Waals surface area contributed by atoms with Crippen molar-refractivity contribution >= 4 is 46.4 Å². The predicted molar refractivity (Wildman–Crippen MR) is 126 cm³/mol. The molecule has 0 bridgehead atoms. The summed E-state index contributed by atoms with van der Waals surface area (Å²) >= 11 is 11.7. The average molecular weight is 506 g/mol. The Morgan fingerprint density at radius 1 is 1.00 bits per heavy atom. The Morgan fingerprint density at radius 2 is 1.65 bits per heavy atom. The monoisotopic (exact) mass is 505 g/mol. The Hall–Kier alpha value is -3.20. The van der Waals surface area contributed by atoms with Crippen molar-refractivity contribution < 1.29 is 23.1 Å². The molecule has 0 saturated heterocycles. The van der Waals surface area contributed by atoms with E-state index in [2.05, 4.69) is 10.6 Å². The molecule has 0 aromatic heterocycles. The number of nitrogens with one attached hydrogen (secondary N) is 2. The van der Waals surface area contributed by atoms with Crippen LogP contribution in [-0.4, -0.2) is 37.0 Å². The first-order chi connectivity index (χ1) is 16.3. The van der Waals surface area contributed by atoms with Crippen LogP contribution < -0.4 is 10.6 Å². The molecule has 1 aliphatic heterocycles. The van der Waals surface area contributed by atoms with E-state index in [0.717, 1.165) is 6.07 Å². The summed E-state index contributed by atoms with van der Waals surface area (Å²) in [5.41, 5.74) is 2.06. The van der Waals surface area contributed by atoms with Crippen LogP contribution in [0.25, 0.3) is 0 Å². The Morgan fingerprint density at radius 3 is 2.29 bits per heavy atom. The second-order valence-corrected chi connectivity index (χ2v) is 8.37. The molecular weight excluding hydrogens is 487 g/mol. The van der Waals surface area contributed by atoms with Crippen LogP contribution in [0.1, 0.15) is 32.4 Å². The number of ether oxygens (including phenoxy) is 1. The van der Waals surface area contributed by atoms with Crippen molar-refractivity contribution in [2.24, 2.45) is 0 Å². The number of carbonyl (C=O) groups is 2.